The van der Waals surface area contributed by atoms with E-state index in [-0.39, 0.29) is 0 Å². The van der Waals surface area contributed by atoms with Crippen LogP contribution in [0.25, 0.3) is 5.57 Å². The molecule has 0 spiro atoms. The first-order chi connectivity index (χ1) is 4.75. The summed E-state index contributed by atoms with van der Waals surface area (Å²) in [5.74, 6) is 0.824. The van der Waals surface area contributed by atoms with Gasteiger partial charge in [-0.1, -0.05) is 27.7 Å². The molecule has 0 radical (unpaired) electrons. The molecule has 1 aromatic rings. The molecule has 10 heavy (non-hydrogen) atoms. The molecule has 54 valence electrons. The zero-order valence-corrected chi connectivity index (χ0v) is 7.31. The molecule has 3 heteroatoms. The summed E-state index contributed by atoms with van der Waals surface area (Å²) in [6, 6.07) is 0. The van der Waals surface area contributed by atoms with Gasteiger partial charge in [-0.25, -0.2) is 0 Å². The third-order valence-electron chi connectivity index (χ3n) is 1.29. The summed E-state index contributed by atoms with van der Waals surface area (Å²) in [5, 5.41) is 4.39. The lowest BCUT2D eigenvalue weighted by molar-refractivity contribution is 0.397. The highest BCUT2D eigenvalue weighted by atomic mass is 79.9. The van der Waals surface area contributed by atoms with Gasteiger partial charge < -0.3 is 4.52 Å². The average molecular weight is 202 g/mol. The van der Waals surface area contributed by atoms with E-state index in [9.17, 15) is 0 Å². The number of rotatable bonds is 2. The highest BCUT2D eigenvalue weighted by Gasteiger charge is 2.04. The first-order valence-corrected chi connectivity index (χ1v) is 4.03. The van der Waals surface area contributed by atoms with Gasteiger partial charge in [-0.15, -0.1) is 0 Å². The van der Waals surface area contributed by atoms with E-state index in [1.807, 2.05) is 6.92 Å². The molecule has 0 atom stereocenters. The molecule has 0 saturated heterocycles. The Morgan fingerprint density at radius 2 is 2.60 bits per heavy atom. The summed E-state index contributed by atoms with van der Waals surface area (Å²) in [6.07, 6.45) is 1.68. The van der Waals surface area contributed by atoms with Crippen molar-refractivity contribution in [3.63, 3.8) is 0 Å². The molecule has 0 bridgehead atoms. The van der Waals surface area contributed by atoms with E-state index in [1.54, 1.807) is 6.20 Å². The van der Waals surface area contributed by atoms with Crippen LogP contribution in [-0.2, 0) is 0 Å². The van der Waals surface area contributed by atoms with Crippen LogP contribution in [0.2, 0.25) is 0 Å². The van der Waals surface area contributed by atoms with Gasteiger partial charge in [0.1, 0.15) is 5.76 Å². The van der Waals surface area contributed by atoms with Crippen LogP contribution in [0.5, 0.6) is 0 Å². The lowest BCUT2D eigenvalue weighted by atomic mass is 10.1. The van der Waals surface area contributed by atoms with Gasteiger partial charge in [0.2, 0.25) is 0 Å². The fraction of sp³-hybridized carbons (Fsp3) is 0.286. The van der Waals surface area contributed by atoms with E-state index in [2.05, 4.69) is 27.7 Å². The zero-order valence-electron chi connectivity index (χ0n) is 5.72. The molecular formula is C7H8BrNO. The van der Waals surface area contributed by atoms with Crippen LogP contribution in [-0.4, -0.2) is 10.5 Å². The average Bonchev–Trinajstić information content (AvgIpc) is 2.34. The van der Waals surface area contributed by atoms with Crippen molar-refractivity contribution in [1.29, 1.82) is 0 Å². The summed E-state index contributed by atoms with van der Waals surface area (Å²) in [6.45, 7) is 5.70. The maximum absolute atomic E-state index is 4.86. The molecule has 0 fully saturated rings. The van der Waals surface area contributed by atoms with Crippen molar-refractivity contribution in [2.24, 2.45) is 0 Å². The van der Waals surface area contributed by atoms with Gasteiger partial charge in [-0.3, -0.25) is 0 Å². The highest BCUT2D eigenvalue weighted by molar-refractivity contribution is 9.09. The number of hydrogen-bond acceptors (Lipinski definition) is 2. The third kappa shape index (κ3) is 1.29. The van der Waals surface area contributed by atoms with E-state index < -0.39 is 0 Å². The van der Waals surface area contributed by atoms with Gasteiger partial charge in [-0.05, 0) is 12.5 Å². The molecule has 0 aromatic carbocycles. The summed E-state index contributed by atoms with van der Waals surface area (Å²) in [7, 11) is 0. The maximum Gasteiger partial charge on any atom is 0.141 e. The quantitative estimate of drug-likeness (QED) is 0.688. The number of allylic oxidation sites excluding steroid dienone is 1. The van der Waals surface area contributed by atoms with Crippen molar-refractivity contribution in [2.75, 3.05) is 5.33 Å². The maximum atomic E-state index is 4.86. The Labute approximate surface area is 68.0 Å². The van der Waals surface area contributed by atoms with Crippen molar-refractivity contribution in [3.05, 3.63) is 24.1 Å². The minimum absolute atomic E-state index is 0.759. The monoisotopic (exact) mass is 201 g/mol. The number of nitrogens with zero attached hydrogens (tertiary/aromatic N) is 1. The predicted molar refractivity (Wildman–Crippen MR) is 44.1 cm³/mol. The van der Waals surface area contributed by atoms with Crippen LogP contribution in [0.3, 0.4) is 0 Å². The molecular weight excluding hydrogens is 194 g/mol. The number of halogens is 1. The molecule has 1 aromatic heterocycles. The van der Waals surface area contributed by atoms with Gasteiger partial charge in [0.25, 0.3) is 0 Å². The summed E-state index contributed by atoms with van der Waals surface area (Å²) < 4.78 is 4.86. The lowest BCUT2D eigenvalue weighted by Gasteiger charge is -1.94. The third-order valence-corrected chi connectivity index (χ3v) is 1.97. The van der Waals surface area contributed by atoms with Crippen LogP contribution < -0.4 is 0 Å². The molecule has 0 N–H and O–H groups in total. The summed E-state index contributed by atoms with van der Waals surface area (Å²) >= 11 is 3.30. The second-order valence-corrected chi connectivity index (χ2v) is 2.59. The van der Waals surface area contributed by atoms with Crippen LogP contribution >= 0.6 is 15.9 Å². The molecule has 0 saturated carbocycles. The van der Waals surface area contributed by atoms with Crippen molar-refractivity contribution >= 4 is 21.5 Å². The fourth-order valence-electron chi connectivity index (χ4n) is 0.710. The number of aryl methyl sites for hydroxylation is 1. The second-order valence-electron chi connectivity index (χ2n) is 2.03. The van der Waals surface area contributed by atoms with E-state index in [0.717, 1.165) is 22.2 Å². The van der Waals surface area contributed by atoms with E-state index >= 15 is 0 Å². The Hall–Kier alpha value is -0.570. The Kier molecular flexibility index (Phi) is 2.27. The molecule has 1 heterocycles. The Morgan fingerprint density at radius 3 is 3.00 bits per heavy atom. The highest BCUT2D eigenvalue weighted by Crippen LogP contribution is 2.17. The minimum atomic E-state index is 0.759. The van der Waals surface area contributed by atoms with Crippen molar-refractivity contribution in [1.82, 2.24) is 5.16 Å². The van der Waals surface area contributed by atoms with Crippen LogP contribution in [0.1, 0.15) is 11.3 Å². The van der Waals surface area contributed by atoms with E-state index in [0.29, 0.717) is 0 Å². The van der Waals surface area contributed by atoms with Gasteiger partial charge >= 0.3 is 0 Å². The molecule has 0 unspecified atom stereocenters. The van der Waals surface area contributed by atoms with Crippen molar-refractivity contribution in [3.8, 4) is 0 Å². The molecule has 0 aliphatic heterocycles. The molecule has 2 nitrogen and oxygen atoms in total. The summed E-state index contributed by atoms with van der Waals surface area (Å²) in [5.41, 5.74) is 2.00. The fourth-order valence-corrected chi connectivity index (χ4v) is 1.01. The topological polar surface area (TPSA) is 26.0 Å². The normalized spacial score (nSPS) is 9.80. The van der Waals surface area contributed by atoms with Crippen LogP contribution in [0.15, 0.2) is 17.3 Å². The van der Waals surface area contributed by atoms with E-state index in [4.69, 9.17) is 4.52 Å². The van der Waals surface area contributed by atoms with Crippen LogP contribution in [0, 0.1) is 6.92 Å². The first kappa shape index (κ1) is 7.54. The smallest absolute Gasteiger partial charge is 0.141 e. The minimum Gasteiger partial charge on any atom is -0.361 e. The number of aromatic nitrogens is 1. The second kappa shape index (κ2) is 3.01. The first-order valence-electron chi connectivity index (χ1n) is 2.91. The SMILES string of the molecule is C=C(CBr)c1cnoc1C. The Morgan fingerprint density at radius 1 is 1.90 bits per heavy atom. The molecule has 1 rings (SSSR count). The van der Waals surface area contributed by atoms with Gasteiger partial charge in [-0.2, -0.15) is 0 Å². The van der Waals surface area contributed by atoms with E-state index in [1.165, 1.54) is 0 Å². The number of alkyl halides is 1. The molecule has 0 amide bonds. The molecule has 0 aliphatic carbocycles. The Balaban J connectivity index is 2.93. The van der Waals surface area contributed by atoms with Gasteiger partial charge in [0.15, 0.2) is 0 Å². The largest absolute Gasteiger partial charge is 0.361 e. The van der Waals surface area contributed by atoms with Gasteiger partial charge in [0.05, 0.1) is 6.20 Å². The van der Waals surface area contributed by atoms with Gasteiger partial charge in [0, 0.05) is 10.9 Å². The lowest BCUT2D eigenvalue weighted by Crippen LogP contribution is -1.81. The van der Waals surface area contributed by atoms with Crippen LogP contribution in [0.4, 0.5) is 0 Å². The number of hydrogen-bond donors (Lipinski definition) is 0. The Bertz CT molecular complexity index is 242. The zero-order chi connectivity index (χ0) is 7.56. The predicted octanol–water partition coefficient (Wildman–Crippen LogP) is 2.39. The van der Waals surface area contributed by atoms with Crippen molar-refractivity contribution in [2.45, 2.75) is 6.92 Å². The summed E-state index contributed by atoms with van der Waals surface area (Å²) in [4.78, 5) is 0. The van der Waals surface area contributed by atoms with Crippen molar-refractivity contribution < 1.29 is 4.52 Å². The molecule has 0 aliphatic rings. The standard InChI is InChI=1S/C7H8BrNO/c1-5(3-8)7-4-9-10-6(7)2/h4H,1,3H2,2H3.